The van der Waals surface area contributed by atoms with Crippen LogP contribution in [0.2, 0.25) is 13.3 Å². The fourth-order valence-corrected chi connectivity index (χ4v) is 19.7. The summed E-state index contributed by atoms with van der Waals surface area (Å²) in [6.07, 6.45) is 9.68. The molecule has 1 heteroatoms. The average molecular weight is 423 g/mol. The standard InChI is InChI=1S/C10H13.3C4H9.Sn/c1-9(2)8-10-6-4-3-5-7-10;3*1-3-4-2;/h4-7,9H,8H2,1-2H3;3*1,3-4H2,2H3;. The molecule has 1 aromatic rings. The van der Waals surface area contributed by atoms with Crippen LogP contribution in [-0.4, -0.2) is 18.4 Å². The fourth-order valence-electron chi connectivity index (χ4n) is 3.82. The third-order valence-electron chi connectivity index (χ3n) is 5.24. The SMILES string of the molecule is CCC[CH2][Sn]([CH2]CCC)([CH2]CCC)[c]1ccc(CC(C)C)cc1. The molecule has 0 aliphatic carbocycles. The average Bonchev–Trinajstić information content (AvgIpc) is 2.55. The van der Waals surface area contributed by atoms with Gasteiger partial charge in [-0.2, -0.15) is 0 Å². The van der Waals surface area contributed by atoms with Crippen LogP contribution in [0.5, 0.6) is 0 Å². The summed E-state index contributed by atoms with van der Waals surface area (Å²) < 4.78 is 6.56. The minimum atomic E-state index is -2.18. The van der Waals surface area contributed by atoms with Gasteiger partial charge < -0.3 is 0 Å². The van der Waals surface area contributed by atoms with E-state index in [1.165, 1.54) is 50.5 Å². The van der Waals surface area contributed by atoms with Crippen molar-refractivity contribution >= 4 is 22.0 Å². The van der Waals surface area contributed by atoms with Crippen molar-refractivity contribution < 1.29 is 0 Å². The molecule has 0 aromatic heterocycles. The maximum atomic E-state index is 2.55. The number of hydrogen-bond acceptors (Lipinski definition) is 0. The molecule has 0 radical (unpaired) electrons. The number of rotatable bonds is 12. The zero-order valence-electron chi connectivity index (χ0n) is 16.5. The van der Waals surface area contributed by atoms with Crippen LogP contribution < -0.4 is 3.58 Å². The van der Waals surface area contributed by atoms with Crippen molar-refractivity contribution in [2.75, 3.05) is 0 Å². The van der Waals surface area contributed by atoms with Crippen molar-refractivity contribution in [1.82, 2.24) is 0 Å². The summed E-state index contributed by atoms with van der Waals surface area (Å²) in [6, 6.07) is 10.00. The Kier molecular flexibility index (Phi) is 10.6. The van der Waals surface area contributed by atoms with Gasteiger partial charge in [-0.1, -0.05) is 0 Å². The molecule has 0 heterocycles. The van der Waals surface area contributed by atoms with Gasteiger partial charge in [-0.05, 0) is 0 Å². The summed E-state index contributed by atoms with van der Waals surface area (Å²) in [5.74, 6) is 0.759. The van der Waals surface area contributed by atoms with Gasteiger partial charge in [0.2, 0.25) is 0 Å². The van der Waals surface area contributed by atoms with Crippen LogP contribution in [0.1, 0.15) is 78.7 Å². The van der Waals surface area contributed by atoms with Gasteiger partial charge in [-0.15, -0.1) is 0 Å². The van der Waals surface area contributed by atoms with Crippen LogP contribution in [0.25, 0.3) is 0 Å². The van der Waals surface area contributed by atoms with E-state index < -0.39 is 18.4 Å². The third kappa shape index (κ3) is 7.20. The van der Waals surface area contributed by atoms with E-state index in [2.05, 4.69) is 58.9 Å². The molecular weight excluding hydrogens is 383 g/mol. The molecule has 0 fully saturated rings. The van der Waals surface area contributed by atoms with E-state index in [0.717, 1.165) is 5.92 Å². The first-order valence-electron chi connectivity index (χ1n) is 10.2. The van der Waals surface area contributed by atoms with Gasteiger partial charge in [0.05, 0.1) is 0 Å². The summed E-state index contributed by atoms with van der Waals surface area (Å²) in [5.41, 5.74) is 1.53. The molecule has 0 aliphatic rings. The normalized spacial score (nSPS) is 12.1. The fraction of sp³-hybridized carbons (Fsp3) is 0.727. The molecule has 0 unspecified atom stereocenters. The van der Waals surface area contributed by atoms with Crippen molar-refractivity contribution in [1.29, 1.82) is 0 Å². The van der Waals surface area contributed by atoms with Crippen LogP contribution in [0, 0.1) is 5.92 Å². The number of unbranched alkanes of at least 4 members (excludes halogenated alkanes) is 3. The van der Waals surface area contributed by atoms with Crippen molar-refractivity contribution in [3.05, 3.63) is 29.8 Å². The molecule has 23 heavy (non-hydrogen) atoms. The molecule has 1 aromatic carbocycles. The third-order valence-corrected chi connectivity index (χ3v) is 20.9. The summed E-state index contributed by atoms with van der Waals surface area (Å²) >= 11 is -2.18. The van der Waals surface area contributed by atoms with Gasteiger partial charge in [0, 0.05) is 0 Å². The molecule has 0 aliphatic heterocycles. The van der Waals surface area contributed by atoms with Crippen LogP contribution in [-0.2, 0) is 6.42 Å². The zero-order valence-corrected chi connectivity index (χ0v) is 19.3. The maximum absolute atomic E-state index is 2.55. The zero-order chi connectivity index (χ0) is 17.1. The van der Waals surface area contributed by atoms with Gasteiger partial charge in [0.15, 0.2) is 0 Å². The predicted molar refractivity (Wildman–Crippen MR) is 110 cm³/mol. The second-order valence-electron chi connectivity index (χ2n) is 7.89. The molecule has 0 spiro atoms. The minimum absolute atomic E-state index is 0.759. The molecule has 0 atom stereocenters. The van der Waals surface area contributed by atoms with Crippen molar-refractivity contribution in [3.8, 4) is 0 Å². The molecule has 0 amide bonds. The molecular formula is C22H40Sn. The Balaban J connectivity index is 3.02. The van der Waals surface area contributed by atoms with E-state index in [4.69, 9.17) is 0 Å². The number of benzene rings is 1. The Bertz CT molecular complexity index is 383. The monoisotopic (exact) mass is 424 g/mol. The van der Waals surface area contributed by atoms with Crippen molar-refractivity contribution in [3.63, 3.8) is 0 Å². The van der Waals surface area contributed by atoms with E-state index in [1.807, 2.05) is 3.58 Å². The molecule has 0 nitrogen and oxygen atoms in total. The molecule has 0 N–H and O–H groups in total. The Morgan fingerprint density at radius 2 is 1.17 bits per heavy atom. The second kappa shape index (κ2) is 11.6. The Morgan fingerprint density at radius 1 is 0.739 bits per heavy atom. The van der Waals surface area contributed by atoms with Gasteiger partial charge >= 0.3 is 151 Å². The topological polar surface area (TPSA) is 0 Å². The summed E-state index contributed by atoms with van der Waals surface area (Å²) in [4.78, 5) is 0. The molecule has 132 valence electrons. The Labute approximate surface area is 150 Å². The van der Waals surface area contributed by atoms with Crippen molar-refractivity contribution in [2.24, 2.45) is 5.92 Å². The van der Waals surface area contributed by atoms with Gasteiger partial charge in [-0.3, -0.25) is 0 Å². The summed E-state index contributed by atoms with van der Waals surface area (Å²) in [5, 5.41) is 0. The van der Waals surface area contributed by atoms with E-state index in [1.54, 1.807) is 13.3 Å². The first-order chi connectivity index (χ1) is 11.1. The summed E-state index contributed by atoms with van der Waals surface area (Å²) in [7, 11) is 0. The second-order valence-corrected chi connectivity index (χ2v) is 21.1. The quantitative estimate of drug-likeness (QED) is 0.320. The van der Waals surface area contributed by atoms with E-state index in [0.29, 0.717) is 0 Å². The van der Waals surface area contributed by atoms with Crippen LogP contribution in [0.15, 0.2) is 24.3 Å². The molecule has 0 saturated heterocycles. The number of hydrogen-bond donors (Lipinski definition) is 0. The van der Waals surface area contributed by atoms with E-state index in [-0.39, 0.29) is 0 Å². The molecule has 0 bridgehead atoms. The first-order valence-corrected chi connectivity index (χ1v) is 17.7. The summed E-state index contributed by atoms with van der Waals surface area (Å²) in [6.45, 7) is 11.7. The van der Waals surface area contributed by atoms with Crippen molar-refractivity contribution in [2.45, 2.75) is 92.9 Å². The molecule has 1 rings (SSSR count). The van der Waals surface area contributed by atoms with Gasteiger partial charge in [0.1, 0.15) is 0 Å². The van der Waals surface area contributed by atoms with Gasteiger partial charge in [0.25, 0.3) is 0 Å². The Hall–Kier alpha value is 0.0187. The van der Waals surface area contributed by atoms with Crippen LogP contribution in [0.3, 0.4) is 0 Å². The van der Waals surface area contributed by atoms with E-state index >= 15 is 0 Å². The predicted octanol–water partition coefficient (Wildman–Crippen LogP) is 6.94. The van der Waals surface area contributed by atoms with Crippen LogP contribution >= 0.6 is 0 Å². The Morgan fingerprint density at radius 3 is 1.52 bits per heavy atom. The first kappa shape index (κ1) is 21.1. The van der Waals surface area contributed by atoms with Gasteiger partial charge in [-0.25, -0.2) is 0 Å². The van der Waals surface area contributed by atoms with Crippen LogP contribution in [0.4, 0.5) is 0 Å². The molecule has 0 saturated carbocycles. The van der Waals surface area contributed by atoms with E-state index in [9.17, 15) is 0 Å².